The standard InChI is InChI=1S/C18H24N2S/c1-12(2)8-17-19-10-15(21-17)11-20-18-13(3)9-14-6-4-5-7-16(14)18/h4-7,10,12-13,18,20H,8-9,11H2,1-3H3/t13-,18+/m0/s1. The molecule has 0 amide bonds. The normalized spacial score (nSPS) is 21.0. The molecular formula is C18H24N2S. The van der Waals surface area contributed by atoms with Crippen molar-refractivity contribution in [1.82, 2.24) is 10.3 Å². The van der Waals surface area contributed by atoms with Gasteiger partial charge in [-0.25, -0.2) is 4.98 Å². The van der Waals surface area contributed by atoms with Crippen LogP contribution in [-0.2, 0) is 19.4 Å². The molecule has 0 saturated carbocycles. The van der Waals surface area contributed by atoms with E-state index in [0.717, 1.165) is 13.0 Å². The molecule has 0 spiro atoms. The summed E-state index contributed by atoms with van der Waals surface area (Å²) in [6.07, 6.45) is 4.32. The Labute approximate surface area is 131 Å². The minimum Gasteiger partial charge on any atom is -0.305 e. The lowest BCUT2D eigenvalue weighted by Crippen LogP contribution is -2.23. The third kappa shape index (κ3) is 3.35. The van der Waals surface area contributed by atoms with E-state index in [2.05, 4.69) is 55.3 Å². The van der Waals surface area contributed by atoms with Crippen LogP contribution >= 0.6 is 11.3 Å². The van der Waals surface area contributed by atoms with E-state index in [4.69, 9.17) is 0 Å². The first-order valence-corrected chi connectivity index (χ1v) is 8.70. The van der Waals surface area contributed by atoms with E-state index in [1.807, 2.05) is 17.5 Å². The highest BCUT2D eigenvalue weighted by molar-refractivity contribution is 7.11. The maximum atomic E-state index is 4.54. The summed E-state index contributed by atoms with van der Waals surface area (Å²) in [5.74, 6) is 1.35. The summed E-state index contributed by atoms with van der Waals surface area (Å²) in [7, 11) is 0. The summed E-state index contributed by atoms with van der Waals surface area (Å²) in [6.45, 7) is 7.76. The minimum atomic E-state index is 0.483. The average Bonchev–Trinajstić information content (AvgIpc) is 2.99. The molecule has 1 N–H and O–H groups in total. The van der Waals surface area contributed by atoms with E-state index in [9.17, 15) is 0 Å². The largest absolute Gasteiger partial charge is 0.305 e. The molecule has 1 heterocycles. The summed E-state index contributed by atoms with van der Waals surface area (Å²) in [5.41, 5.74) is 2.99. The summed E-state index contributed by atoms with van der Waals surface area (Å²) in [4.78, 5) is 5.89. The quantitative estimate of drug-likeness (QED) is 0.887. The van der Waals surface area contributed by atoms with Crippen LogP contribution in [0.2, 0.25) is 0 Å². The molecule has 0 fully saturated rings. The SMILES string of the molecule is CC(C)Cc1ncc(CN[C@H]2c3ccccc3C[C@@H]2C)s1. The van der Waals surface area contributed by atoms with Crippen molar-refractivity contribution in [1.29, 1.82) is 0 Å². The first-order valence-electron chi connectivity index (χ1n) is 7.88. The topological polar surface area (TPSA) is 24.9 Å². The summed E-state index contributed by atoms with van der Waals surface area (Å²) in [6, 6.07) is 9.32. The number of benzene rings is 1. The number of rotatable bonds is 5. The highest BCUT2D eigenvalue weighted by Gasteiger charge is 2.28. The molecule has 0 aliphatic heterocycles. The summed E-state index contributed by atoms with van der Waals surface area (Å²) in [5, 5.41) is 5.01. The second-order valence-electron chi connectivity index (χ2n) is 6.56. The number of nitrogens with one attached hydrogen (secondary N) is 1. The average molecular weight is 300 g/mol. The fourth-order valence-electron chi connectivity index (χ4n) is 3.19. The van der Waals surface area contributed by atoms with Crippen molar-refractivity contribution in [3.63, 3.8) is 0 Å². The van der Waals surface area contributed by atoms with Gasteiger partial charge in [-0.15, -0.1) is 11.3 Å². The molecule has 112 valence electrons. The molecular weight excluding hydrogens is 276 g/mol. The fourth-order valence-corrected chi connectivity index (χ4v) is 4.28. The van der Waals surface area contributed by atoms with E-state index < -0.39 is 0 Å². The van der Waals surface area contributed by atoms with Crippen molar-refractivity contribution in [3.05, 3.63) is 51.5 Å². The summed E-state index contributed by atoms with van der Waals surface area (Å²) < 4.78 is 0. The number of fused-ring (bicyclic) bond motifs is 1. The Morgan fingerprint density at radius 3 is 2.95 bits per heavy atom. The molecule has 21 heavy (non-hydrogen) atoms. The maximum absolute atomic E-state index is 4.54. The number of aromatic nitrogens is 1. The van der Waals surface area contributed by atoms with Gasteiger partial charge in [-0.2, -0.15) is 0 Å². The van der Waals surface area contributed by atoms with Crippen molar-refractivity contribution in [2.24, 2.45) is 11.8 Å². The molecule has 3 rings (SSSR count). The molecule has 2 aromatic rings. The van der Waals surface area contributed by atoms with E-state index in [0.29, 0.717) is 17.9 Å². The smallest absolute Gasteiger partial charge is 0.0930 e. The van der Waals surface area contributed by atoms with Gasteiger partial charge in [0.15, 0.2) is 0 Å². The van der Waals surface area contributed by atoms with Gasteiger partial charge in [0.05, 0.1) is 5.01 Å². The minimum absolute atomic E-state index is 0.483. The third-order valence-corrected chi connectivity index (χ3v) is 5.20. The number of hydrogen-bond acceptors (Lipinski definition) is 3. The van der Waals surface area contributed by atoms with Crippen LogP contribution in [0.3, 0.4) is 0 Å². The van der Waals surface area contributed by atoms with Gasteiger partial charge in [-0.1, -0.05) is 45.0 Å². The first kappa shape index (κ1) is 14.7. The molecule has 1 aliphatic rings. The predicted octanol–water partition coefficient (Wildman–Crippen LogP) is 4.36. The van der Waals surface area contributed by atoms with Crippen LogP contribution in [0, 0.1) is 11.8 Å². The van der Waals surface area contributed by atoms with Gasteiger partial charge in [-0.3, -0.25) is 0 Å². The van der Waals surface area contributed by atoms with Crippen LogP contribution in [-0.4, -0.2) is 4.98 Å². The fraction of sp³-hybridized carbons (Fsp3) is 0.500. The van der Waals surface area contributed by atoms with Gasteiger partial charge in [0.25, 0.3) is 0 Å². The van der Waals surface area contributed by atoms with Gasteiger partial charge >= 0.3 is 0 Å². The van der Waals surface area contributed by atoms with Crippen LogP contribution in [0.1, 0.15) is 47.8 Å². The van der Waals surface area contributed by atoms with Crippen LogP contribution < -0.4 is 5.32 Å². The number of hydrogen-bond donors (Lipinski definition) is 1. The van der Waals surface area contributed by atoms with Crippen molar-refractivity contribution in [2.75, 3.05) is 0 Å². The van der Waals surface area contributed by atoms with Crippen molar-refractivity contribution >= 4 is 11.3 Å². The Hall–Kier alpha value is -1.19. The van der Waals surface area contributed by atoms with E-state index in [1.165, 1.54) is 27.4 Å². The molecule has 3 heteroatoms. The molecule has 1 aromatic heterocycles. The molecule has 0 unspecified atom stereocenters. The molecule has 0 radical (unpaired) electrons. The predicted molar refractivity (Wildman–Crippen MR) is 89.5 cm³/mol. The van der Waals surface area contributed by atoms with Gasteiger partial charge < -0.3 is 5.32 Å². The number of thiazole rings is 1. The van der Waals surface area contributed by atoms with Crippen molar-refractivity contribution in [2.45, 2.75) is 46.2 Å². The lowest BCUT2D eigenvalue weighted by Gasteiger charge is -2.18. The highest BCUT2D eigenvalue weighted by Crippen LogP contribution is 2.35. The lowest BCUT2D eigenvalue weighted by molar-refractivity contribution is 0.416. The van der Waals surface area contributed by atoms with Crippen LogP contribution in [0.5, 0.6) is 0 Å². The second-order valence-corrected chi connectivity index (χ2v) is 7.76. The molecule has 2 nitrogen and oxygen atoms in total. The molecule has 0 bridgehead atoms. The molecule has 1 aliphatic carbocycles. The Kier molecular flexibility index (Phi) is 4.41. The zero-order valence-electron chi connectivity index (χ0n) is 13.1. The van der Waals surface area contributed by atoms with Gasteiger partial charge in [0.1, 0.15) is 0 Å². The van der Waals surface area contributed by atoms with Gasteiger partial charge in [0, 0.05) is 30.1 Å². The highest BCUT2D eigenvalue weighted by atomic mass is 32.1. The van der Waals surface area contributed by atoms with Crippen LogP contribution in [0.4, 0.5) is 0 Å². The zero-order chi connectivity index (χ0) is 14.8. The van der Waals surface area contributed by atoms with Crippen LogP contribution in [0.25, 0.3) is 0 Å². The summed E-state index contributed by atoms with van der Waals surface area (Å²) >= 11 is 1.85. The number of nitrogens with zero attached hydrogens (tertiary/aromatic N) is 1. The lowest BCUT2D eigenvalue weighted by atomic mass is 10.0. The van der Waals surface area contributed by atoms with E-state index in [1.54, 1.807) is 0 Å². The second kappa shape index (κ2) is 6.29. The van der Waals surface area contributed by atoms with Crippen LogP contribution in [0.15, 0.2) is 30.5 Å². The Balaban J connectivity index is 1.64. The first-order chi connectivity index (χ1) is 10.1. The van der Waals surface area contributed by atoms with Crippen molar-refractivity contribution in [3.8, 4) is 0 Å². The Morgan fingerprint density at radius 2 is 2.14 bits per heavy atom. The zero-order valence-corrected chi connectivity index (χ0v) is 13.9. The van der Waals surface area contributed by atoms with Crippen molar-refractivity contribution < 1.29 is 0 Å². The maximum Gasteiger partial charge on any atom is 0.0930 e. The Morgan fingerprint density at radius 1 is 1.33 bits per heavy atom. The molecule has 0 saturated heterocycles. The molecule has 2 atom stereocenters. The van der Waals surface area contributed by atoms with E-state index >= 15 is 0 Å². The van der Waals surface area contributed by atoms with Gasteiger partial charge in [0.2, 0.25) is 0 Å². The Bertz CT molecular complexity index is 603. The van der Waals surface area contributed by atoms with Gasteiger partial charge in [-0.05, 0) is 29.4 Å². The monoisotopic (exact) mass is 300 g/mol. The third-order valence-electron chi connectivity index (χ3n) is 4.18. The van der Waals surface area contributed by atoms with E-state index in [-0.39, 0.29) is 0 Å². The molecule has 1 aromatic carbocycles.